The normalized spacial score (nSPS) is 12.3. The van der Waals surface area contributed by atoms with Gasteiger partial charge in [-0.15, -0.1) is 11.3 Å². The van der Waals surface area contributed by atoms with Gasteiger partial charge in [0.1, 0.15) is 0 Å². The van der Waals surface area contributed by atoms with Crippen LogP contribution in [0.3, 0.4) is 0 Å². The van der Waals surface area contributed by atoms with E-state index in [1.807, 2.05) is 23.5 Å². The third-order valence-electron chi connectivity index (χ3n) is 11.9. The first kappa shape index (κ1) is 30.2. The summed E-state index contributed by atoms with van der Waals surface area (Å²) in [5.74, 6) is 0. The summed E-state index contributed by atoms with van der Waals surface area (Å²) in [5, 5.41) is 15.2. The highest BCUT2D eigenvalue weighted by Gasteiger charge is 2.24. The van der Waals surface area contributed by atoms with Gasteiger partial charge in [-0.25, -0.2) is 9.97 Å². The van der Waals surface area contributed by atoms with E-state index in [0.29, 0.717) is 0 Å². The Morgan fingerprint density at radius 3 is 1.79 bits per heavy atom. The summed E-state index contributed by atoms with van der Waals surface area (Å²) in [4.78, 5) is 10.8. The van der Waals surface area contributed by atoms with E-state index >= 15 is 0 Å². The quantitative estimate of drug-likeness (QED) is 0.170. The lowest BCUT2D eigenvalue weighted by Gasteiger charge is -2.16. The number of nitrogens with zero attached hydrogens (tertiary/aromatic N) is 3. The third-order valence-corrected chi connectivity index (χ3v) is 13.0. The Morgan fingerprint density at radius 1 is 0.357 bits per heavy atom. The zero-order valence-electron chi connectivity index (χ0n) is 30.0. The molecule has 56 heavy (non-hydrogen) atoms. The molecule has 0 radical (unpaired) electrons. The third kappa shape index (κ3) is 4.11. The molecule has 0 bridgehead atoms. The van der Waals surface area contributed by atoms with Gasteiger partial charge in [-0.1, -0.05) is 121 Å². The van der Waals surface area contributed by atoms with Gasteiger partial charge in [0, 0.05) is 52.8 Å². The van der Waals surface area contributed by atoms with Gasteiger partial charge in [-0.05, 0) is 86.9 Å². The van der Waals surface area contributed by atoms with E-state index in [4.69, 9.17) is 9.97 Å². The molecule has 0 atom stereocenters. The van der Waals surface area contributed by atoms with Crippen LogP contribution >= 0.6 is 11.3 Å². The number of hydrogen-bond acceptors (Lipinski definition) is 3. The number of hydrogen-bond donors (Lipinski definition) is 0. The van der Waals surface area contributed by atoms with Crippen molar-refractivity contribution in [1.29, 1.82) is 0 Å². The van der Waals surface area contributed by atoms with Gasteiger partial charge in [0.25, 0.3) is 0 Å². The second-order valence-corrected chi connectivity index (χ2v) is 16.0. The Balaban J connectivity index is 1.16. The fraction of sp³-hybridized carbons (Fsp3) is 0. The van der Waals surface area contributed by atoms with Crippen LogP contribution in [0.2, 0.25) is 0 Å². The standard InChI is InChI=1S/C52H29N3S/c1-3-14-34-30(12-1)26-33(52-51(53-41-20-8-9-21-42(41)54-52)32-24-25-47-40(27-32)37-17-7-10-23-46(37)56-47)29-44(34)55-43-22-11-19-39-36-16-5-6-18-38(36)48-35-15-4-2-13-31(35)28-45(55)50(48)49(39)43/h1-29H. The van der Waals surface area contributed by atoms with Crippen LogP contribution < -0.4 is 0 Å². The SMILES string of the molecule is c1ccc2c(-n3c4cccc5c6ccccc6c6c7ccccc7cc3c6c54)cc(-c3nc4ccccc4nc3-c3ccc4sc5ccccc5c4c3)cc2c1. The highest BCUT2D eigenvalue weighted by molar-refractivity contribution is 7.25. The molecule has 0 unspecified atom stereocenters. The monoisotopic (exact) mass is 727 g/mol. The summed E-state index contributed by atoms with van der Waals surface area (Å²) in [6.45, 7) is 0. The summed E-state index contributed by atoms with van der Waals surface area (Å²) in [5.41, 5.74) is 9.15. The average molecular weight is 728 g/mol. The minimum absolute atomic E-state index is 0.874. The van der Waals surface area contributed by atoms with Crippen LogP contribution in [0.15, 0.2) is 176 Å². The van der Waals surface area contributed by atoms with E-state index in [1.165, 1.54) is 79.7 Å². The zero-order valence-corrected chi connectivity index (χ0v) is 30.8. The number of benzene rings is 10. The molecule has 10 aromatic carbocycles. The van der Waals surface area contributed by atoms with Crippen molar-refractivity contribution < 1.29 is 0 Å². The molecule has 3 nitrogen and oxygen atoms in total. The summed E-state index contributed by atoms with van der Waals surface area (Å²) < 4.78 is 5.08. The second kappa shape index (κ2) is 11.2. The summed E-state index contributed by atoms with van der Waals surface area (Å²) in [7, 11) is 0. The molecule has 0 saturated heterocycles. The lowest BCUT2D eigenvalue weighted by atomic mass is 9.91. The maximum atomic E-state index is 5.44. The fourth-order valence-electron chi connectivity index (χ4n) is 9.47. The number of thiophene rings is 1. The number of rotatable bonds is 3. The van der Waals surface area contributed by atoms with E-state index in [2.05, 4.69) is 168 Å². The summed E-state index contributed by atoms with van der Waals surface area (Å²) in [6, 6.07) is 64.1. The van der Waals surface area contributed by atoms with E-state index in [9.17, 15) is 0 Å². The first-order chi connectivity index (χ1) is 27.8. The Kier molecular flexibility index (Phi) is 6.04. The molecule has 0 amide bonds. The lowest BCUT2D eigenvalue weighted by molar-refractivity contribution is 1.20. The summed E-state index contributed by atoms with van der Waals surface area (Å²) in [6.07, 6.45) is 0. The van der Waals surface area contributed by atoms with Crippen LogP contribution in [-0.4, -0.2) is 14.5 Å². The molecule has 3 aromatic heterocycles. The van der Waals surface area contributed by atoms with E-state index in [-0.39, 0.29) is 0 Å². The van der Waals surface area contributed by atoms with Crippen LogP contribution in [0.4, 0.5) is 0 Å². The smallest absolute Gasteiger partial charge is 0.0974 e. The highest BCUT2D eigenvalue weighted by atomic mass is 32.1. The molecule has 0 N–H and O–H groups in total. The van der Waals surface area contributed by atoms with E-state index in [1.54, 1.807) is 0 Å². The number of fused-ring (bicyclic) bond motifs is 10. The van der Waals surface area contributed by atoms with E-state index in [0.717, 1.165) is 44.6 Å². The van der Waals surface area contributed by atoms with Crippen molar-refractivity contribution >= 4 is 107 Å². The first-order valence-electron chi connectivity index (χ1n) is 19.1. The molecule has 0 aliphatic rings. The predicted molar refractivity (Wildman–Crippen MR) is 239 cm³/mol. The van der Waals surface area contributed by atoms with Gasteiger partial charge in [0.05, 0.1) is 39.1 Å². The van der Waals surface area contributed by atoms with Gasteiger partial charge in [-0.3, -0.25) is 0 Å². The molecule has 13 aromatic rings. The molecule has 3 heterocycles. The van der Waals surface area contributed by atoms with Crippen molar-refractivity contribution in [2.75, 3.05) is 0 Å². The maximum absolute atomic E-state index is 5.44. The van der Waals surface area contributed by atoms with Crippen molar-refractivity contribution in [1.82, 2.24) is 14.5 Å². The number of aromatic nitrogens is 3. The second-order valence-electron chi connectivity index (χ2n) is 14.9. The predicted octanol–water partition coefficient (Wildman–Crippen LogP) is 14.5. The molecule has 0 aliphatic carbocycles. The maximum Gasteiger partial charge on any atom is 0.0974 e. The Bertz CT molecular complexity index is 3770. The topological polar surface area (TPSA) is 30.7 Å². The van der Waals surface area contributed by atoms with Crippen LogP contribution in [0, 0.1) is 0 Å². The fourth-order valence-corrected chi connectivity index (χ4v) is 10.6. The van der Waals surface area contributed by atoms with Gasteiger partial charge < -0.3 is 4.57 Å². The van der Waals surface area contributed by atoms with Crippen LogP contribution in [-0.2, 0) is 0 Å². The van der Waals surface area contributed by atoms with Crippen molar-refractivity contribution in [3.63, 3.8) is 0 Å². The van der Waals surface area contributed by atoms with Gasteiger partial charge >= 0.3 is 0 Å². The van der Waals surface area contributed by atoms with Crippen LogP contribution in [0.5, 0.6) is 0 Å². The Hall–Kier alpha value is -7.14. The average Bonchev–Trinajstić information content (AvgIpc) is 3.80. The van der Waals surface area contributed by atoms with Crippen molar-refractivity contribution in [2.24, 2.45) is 0 Å². The zero-order chi connectivity index (χ0) is 36.5. The van der Waals surface area contributed by atoms with Crippen LogP contribution in [0.1, 0.15) is 0 Å². The van der Waals surface area contributed by atoms with Gasteiger partial charge in [0.2, 0.25) is 0 Å². The molecule has 0 fully saturated rings. The largest absolute Gasteiger partial charge is 0.309 e. The molecule has 0 saturated carbocycles. The minimum atomic E-state index is 0.874. The molecule has 4 heteroatoms. The van der Waals surface area contributed by atoms with Gasteiger partial charge in [0.15, 0.2) is 0 Å². The van der Waals surface area contributed by atoms with Crippen molar-refractivity contribution in [3.8, 4) is 28.2 Å². The van der Waals surface area contributed by atoms with E-state index < -0.39 is 0 Å². The molecular weight excluding hydrogens is 699 g/mol. The molecule has 0 spiro atoms. The molecule has 258 valence electrons. The first-order valence-corrected chi connectivity index (χ1v) is 19.9. The molecule has 0 aliphatic heterocycles. The molecular formula is C52H29N3S. The Morgan fingerprint density at radius 2 is 0.964 bits per heavy atom. The molecule has 13 rings (SSSR count). The van der Waals surface area contributed by atoms with Crippen molar-refractivity contribution in [2.45, 2.75) is 0 Å². The lowest BCUT2D eigenvalue weighted by Crippen LogP contribution is -1.99. The van der Waals surface area contributed by atoms with Gasteiger partial charge in [-0.2, -0.15) is 0 Å². The van der Waals surface area contributed by atoms with Crippen LogP contribution in [0.25, 0.3) is 124 Å². The van der Waals surface area contributed by atoms with Crippen molar-refractivity contribution in [3.05, 3.63) is 176 Å². The summed E-state index contributed by atoms with van der Waals surface area (Å²) >= 11 is 1.84. The Labute approximate surface area is 324 Å². The highest BCUT2D eigenvalue weighted by Crippen LogP contribution is 2.48. The number of para-hydroxylation sites is 2. The minimum Gasteiger partial charge on any atom is -0.309 e.